The molecule has 2 fully saturated rings. The van der Waals surface area contributed by atoms with Crippen molar-refractivity contribution in [3.05, 3.63) is 60.3 Å². The standard InChI is InChI=1S/C25H30FN5O/c26-22-6-4-5-20(17-22)21-7-8-24-27-23(19-31(24)18-21)25(32)30-15-13-29(14-16-30)12-11-28-9-2-1-3-10-28/h4-8,17-19H,1-3,9-16H2. The Morgan fingerprint density at radius 1 is 0.844 bits per heavy atom. The third-order valence-corrected chi connectivity index (χ3v) is 6.67. The van der Waals surface area contributed by atoms with E-state index in [9.17, 15) is 9.18 Å². The third-order valence-electron chi connectivity index (χ3n) is 6.67. The molecule has 2 aromatic heterocycles. The largest absolute Gasteiger partial charge is 0.335 e. The van der Waals surface area contributed by atoms with Gasteiger partial charge in [-0.25, -0.2) is 9.37 Å². The first kappa shape index (κ1) is 21.1. The Morgan fingerprint density at radius 2 is 1.59 bits per heavy atom. The fraction of sp³-hybridized carbons (Fsp3) is 0.440. The van der Waals surface area contributed by atoms with Crippen LogP contribution in [0.25, 0.3) is 16.8 Å². The van der Waals surface area contributed by atoms with Gasteiger partial charge in [-0.2, -0.15) is 0 Å². The van der Waals surface area contributed by atoms with Crippen LogP contribution in [0.2, 0.25) is 0 Å². The van der Waals surface area contributed by atoms with Gasteiger partial charge in [0.1, 0.15) is 17.2 Å². The summed E-state index contributed by atoms with van der Waals surface area (Å²) in [7, 11) is 0. The molecule has 2 aliphatic rings. The number of pyridine rings is 1. The monoisotopic (exact) mass is 435 g/mol. The lowest BCUT2D eigenvalue weighted by Gasteiger charge is -2.36. The molecule has 0 radical (unpaired) electrons. The van der Waals surface area contributed by atoms with Crippen LogP contribution in [-0.2, 0) is 0 Å². The highest BCUT2D eigenvalue weighted by molar-refractivity contribution is 5.93. The van der Waals surface area contributed by atoms with Crippen LogP contribution >= 0.6 is 0 Å². The molecule has 0 saturated carbocycles. The van der Waals surface area contributed by atoms with Crippen molar-refractivity contribution in [3.63, 3.8) is 0 Å². The molecule has 3 aromatic rings. The number of piperazine rings is 1. The van der Waals surface area contributed by atoms with Crippen molar-refractivity contribution in [2.75, 3.05) is 52.4 Å². The molecule has 0 atom stereocenters. The molecule has 6 nitrogen and oxygen atoms in total. The van der Waals surface area contributed by atoms with Crippen molar-refractivity contribution in [2.24, 2.45) is 0 Å². The number of carbonyl (C=O) groups excluding carboxylic acids is 1. The number of imidazole rings is 1. The Bertz CT molecular complexity index is 1080. The zero-order valence-electron chi connectivity index (χ0n) is 18.4. The lowest BCUT2D eigenvalue weighted by atomic mass is 10.1. The van der Waals surface area contributed by atoms with E-state index in [4.69, 9.17) is 0 Å². The molecule has 0 bridgehead atoms. The molecule has 7 heteroatoms. The van der Waals surface area contributed by atoms with Crippen LogP contribution in [0, 0.1) is 5.82 Å². The average molecular weight is 436 g/mol. The fourth-order valence-corrected chi connectivity index (χ4v) is 4.74. The molecule has 1 amide bonds. The van der Waals surface area contributed by atoms with E-state index < -0.39 is 0 Å². The number of nitrogens with zero attached hydrogens (tertiary/aromatic N) is 5. The number of fused-ring (bicyclic) bond motifs is 1. The zero-order chi connectivity index (χ0) is 21.9. The van der Waals surface area contributed by atoms with Gasteiger partial charge in [-0.1, -0.05) is 18.6 Å². The van der Waals surface area contributed by atoms with Crippen molar-refractivity contribution >= 4 is 11.6 Å². The normalized spacial score (nSPS) is 18.3. The minimum absolute atomic E-state index is 0.0170. The Kier molecular flexibility index (Phi) is 6.19. The molecule has 2 saturated heterocycles. The van der Waals surface area contributed by atoms with Crippen LogP contribution in [0.4, 0.5) is 4.39 Å². The van der Waals surface area contributed by atoms with Crippen LogP contribution < -0.4 is 0 Å². The highest BCUT2D eigenvalue weighted by atomic mass is 19.1. The molecule has 4 heterocycles. The summed E-state index contributed by atoms with van der Waals surface area (Å²) < 4.78 is 15.4. The van der Waals surface area contributed by atoms with Crippen LogP contribution in [0.1, 0.15) is 29.8 Å². The van der Waals surface area contributed by atoms with Crippen LogP contribution in [0.3, 0.4) is 0 Å². The first-order valence-electron chi connectivity index (χ1n) is 11.6. The van der Waals surface area contributed by atoms with Crippen molar-refractivity contribution in [1.29, 1.82) is 0 Å². The lowest BCUT2D eigenvalue weighted by Crippen LogP contribution is -2.50. The number of likely N-dealkylation sites (tertiary alicyclic amines) is 1. The highest BCUT2D eigenvalue weighted by Crippen LogP contribution is 2.21. The predicted molar refractivity (Wildman–Crippen MR) is 123 cm³/mol. The molecule has 168 valence electrons. The van der Waals surface area contributed by atoms with E-state index in [1.54, 1.807) is 12.3 Å². The predicted octanol–water partition coefficient (Wildman–Crippen LogP) is 3.38. The maximum absolute atomic E-state index is 13.6. The summed E-state index contributed by atoms with van der Waals surface area (Å²) in [4.78, 5) is 24.5. The maximum Gasteiger partial charge on any atom is 0.274 e. The number of amides is 1. The summed E-state index contributed by atoms with van der Waals surface area (Å²) in [5, 5.41) is 0. The molecule has 0 spiro atoms. The quantitative estimate of drug-likeness (QED) is 0.616. The molecule has 32 heavy (non-hydrogen) atoms. The minimum atomic E-state index is -0.265. The van der Waals surface area contributed by atoms with Gasteiger partial charge >= 0.3 is 0 Å². The number of piperidine rings is 1. The number of halogens is 1. The Labute approximate surface area is 188 Å². The molecule has 0 unspecified atom stereocenters. The first-order valence-corrected chi connectivity index (χ1v) is 11.6. The summed E-state index contributed by atoms with van der Waals surface area (Å²) in [6, 6.07) is 10.3. The number of rotatable bonds is 5. The summed E-state index contributed by atoms with van der Waals surface area (Å²) in [5.41, 5.74) is 2.86. The average Bonchev–Trinajstić information content (AvgIpc) is 3.27. The van der Waals surface area contributed by atoms with E-state index in [0.717, 1.165) is 50.4 Å². The Balaban J connectivity index is 1.20. The van der Waals surface area contributed by atoms with Gasteiger partial charge in [0, 0.05) is 51.7 Å². The van der Waals surface area contributed by atoms with E-state index in [1.807, 2.05) is 33.7 Å². The van der Waals surface area contributed by atoms with Gasteiger partial charge in [0.15, 0.2) is 0 Å². The van der Waals surface area contributed by atoms with Gasteiger partial charge in [-0.3, -0.25) is 9.69 Å². The molecule has 0 aliphatic carbocycles. The molecule has 5 rings (SSSR count). The molecule has 2 aliphatic heterocycles. The lowest BCUT2D eigenvalue weighted by molar-refractivity contribution is 0.0614. The van der Waals surface area contributed by atoms with Crippen molar-refractivity contribution in [2.45, 2.75) is 19.3 Å². The smallest absolute Gasteiger partial charge is 0.274 e. The second kappa shape index (κ2) is 9.38. The van der Waals surface area contributed by atoms with Gasteiger partial charge in [0.05, 0.1) is 0 Å². The number of carbonyl (C=O) groups is 1. The van der Waals surface area contributed by atoms with Crippen molar-refractivity contribution in [3.8, 4) is 11.1 Å². The van der Waals surface area contributed by atoms with Crippen LogP contribution in [-0.4, -0.2) is 82.3 Å². The van der Waals surface area contributed by atoms with Gasteiger partial charge in [-0.05, 0) is 61.3 Å². The Morgan fingerprint density at radius 3 is 2.34 bits per heavy atom. The van der Waals surface area contributed by atoms with E-state index in [1.165, 1.54) is 44.5 Å². The van der Waals surface area contributed by atoms with Gasteiger partial charge in [-0.15, -0.1) is 0 Å². The number of hydrogen-bond donors (Lipinski definition) is 0. The topological polar surface area (TPSA) is 44.1 Å². The summed E-state index contributed by atoms with van der Waals surface area (Å²) in [6.07, 6.45) is 7.69. The van der Waals surface area contributed by atoms with Gasteiger partial charge < -0.3 is 14.2 Å². The summed E-state index contributed by atoms with van der Waals surface area (Å²) in [5.74, 6) is -0.282. The van der Waals surface area contributed by atoms with E-state index in [2.05, 4.69) is 14.8 Å². The van der Waals surface area contributed by atoms with Crippen molar-refractivity contribution in [1.82, 2.24) is 24.1 Å². The number of benzene rings is 1. The fourth-order valence-electron chi connectivity index (χ4n) is 4.74. The summed E-state index contributed by atoms with van der Waals surface area (Å²) in [6.45, 7) is 7.98. The highest BCUT2D eigenvalue weighted by Gasteiger charge is 2.24. The SMILES string of the molecule is O=C(c1cn2cc(-c3cccc(F)c3)ccc2n1)N1CCN(CCN2CCCCC2)CC1. The van der Waals surface area contributed by atoms with E-state index in [0.29, 0.717) is 11.3 Å². The van der Waals surface area contributed by atoms with E-state index in [-0.39, 0.29) is 11.7 Å². The first-order chi connectivity index (χ1) is 15.7. The molecule has 0 N–H and O–H groups in total. The van der Waals surface area contributed by atoms with Crippen LogP contribution in [0.5, 0.6) is 0 Å². The van der Waals surface area contributed by atoms with E-state index >= 15 is 0 Å². The molecule has 1 aromatic carbocycles. The minimum Gasteiger partial charge on any atom is -0.335 e. The molecular formula is C25H30FN5O. The van der Waals surface area contributed by atoms with Crippen molar-refractivity contribution < 1.29 is 9.18 Å². The maximum atomic E-state index is 13.6. The number of aromatic nitrogens is 2. The van der Waals surface area contributed by atoms with Gasteiger partial charge in [0.2, 0.25) is 0 Å². The number of hydrogen-bond acceptors (Lipinski definition) is 4. The second-order valence-electron chi connectivity index (χ2n) is 8.86. The summed E-state index contributed by atoms with van der Waals surface area (Å²) >= 11 is 0. The second-order valence-corrected chi connectivity index (χ2v) is 8.86. The van der Waals surface area contributed by atoms with Gasteiger partial charge in [0.25, 0.3) is 5.91 Å². The third kappa shape index (κ3) is 4.69. The Hall–Kier alpha value is -2.77. The zero-order valence-corrected chi connectivity index (χ0v) is 18.4. The molecular weight excluding hydrogens is 405 g/mol. The van der Waals surface area contributed by atoms with Crippen LogP contribution in [0.15, 0.2) is 48.8 Å².